The Labute approximate surface area is 129 Å². The van der Waals surface area contributed by atoms with Crippen LogP contribution in [0, 0.1) is 11.3 Å². The van der Waals surface area contributed by atoms with Crippen molar-refractivity contribution in [2.24, 2.45) is 0 Å². The molecule has 1 atom stereocenters. The summed E-state index contributed by atoms with van der Waals surface area (Å²) >= 11 is 0. The van der Waals surface area contributed by atoms with E-state index in [9.17, 15) is 9.59 Å². The molecule has 22 heavy (non-hydrogen) atoms. The molecule has 6 heteroatoms. The summed E-state index contributed by atoms with van der Waals surface area (Å²) in [5.74, 6) is 0.0860. The van der Waals surface area contributed by atoms with E-state index in [0.717, 1.165) is 5.56 Å². The molecular formula is C16H17N3O3. The number of rotatable bonds is 4. The largest absolute Gasteiger partial charge is 0.416 e. The summed E-state index contributed by atoms with van der Waals surface area (Å²) in [5, 5.41) is 11.5. The van der Waals surface area contributed by atoms with Crippen LogP contribution in [0.25, 0.3) is 0 Å². The number of hydrogen-bond donors (Lipinski definition) is 1. The molecule has 2 rings (SSSR count). The lowest BCUT2D eigenvalue weighted by Gasteiger charge is -2.38. The average Bonchev–Trinajstić information content (AvgIpc) is 2.43. The van der Waals surface area contributed by atoms with Gasteiger partial charge in [-0.25, -0.2) is 4.79 Å². The molecule has 0 radical (unpaired) electrons. The van der Waals surface area contributed by atoms with Gasteiger partial charge >= 0.3 is 6.09 Å². The maximum atomic E-state index is 12.1. The first-order chi connectivity index (χ1) is 10.5. The van der Waals surface area contributed by atoms with Crippen molar-refractivity contribution in [2.45, 2.75) is 25.9 Å². The molecule has 1 aliphatic heterocycles. The molecule has 1 heterocycles. The first kappa shape index (κ1) is 15.6. The van der Waals surface area contributed by atoms with Crippen molar-refractivity contribution < 1.29 is 14.3 Å². The summed E-state index contributed by atoms with van der Waals surface area (Å²) in [6.07, 6.45) is 0.0714. The van der Waals surface area contributed by atoms with E-state index in [4.69, 9.17) is 10.00 Å². The van der Waals surface area contributed by atoms with Gasteiger partial charge in [0.05, 0.1) is 17.4 Å². The maximum absolute atomic E-state index is 12.1. The SMILES string of the molecule is C=C(C)OC(=O)N1CC[C@H]1C(=O)NCc1ccc(C#N)cc1. The predicted octanol–water partition coefficient (Wildman–Crippen LogP) is 1.92. The van der Waals surface area contributed by atoms with Crippen molar-refractivity contribution >= 4 is 12.0 Å². The molecular weight excluding hydrogens is 282 g/mol. The molecule has 0 aromatic heterocycles. The smallest absolute Gasteiger partial charge is 0.415 e. The van der Waals surface area contributed by atoms with Crippen molar-refractivity contribution in [3.05, 3.63) is 47.7 Å². The zero-order valence-corrected chi connectivity index (χ0v) is 12.3. The number of benzene rings is 1. The lowest BCUT2D eigenvalue weighted by Crippen LogP contribution is -2.58. The van der Waals surface area contributed by atoms with Crippen LogP contribution in [-0.4, -0.2) is 29.5 Å². The van der Waals surface area contributed by atoms with Gasteiger partial charge in [-0.15, -0.1) is 0 Å². The third-order valence-corrected chi connectivity index (χ3v) is 3.37. The monoisotopic (exact) mass is 299 g/mol. The summed E-state index contributed by atoms with van der Waals surface area (Å²) in [4.78, 5) is 25.2. The number of likely N-dealkylation sites (tertiary alicyclic amines) is 1. The number of nitrogens with one attached hydrogen (secondary N) is 1. The topological polar surface area (TPSA) is 82.4 Å². The van der Waals surface area contributed by atoms with Crippen LogP contribution in [0.2, 0.25) is 0 Å². The molecule has 2 amide bonds. The second-order valence-electron chi connectivity index (χ2n) is 5.09. The molecule has 0 saturated carbocycles. The van der Waals surface area contributed by atoms with E-state index < -0.39 is 12.1 Å². The Morgan fingerprint density at radius 2 is 2.14 bits per heavy atom. The van der Waals surface area contributed by atoms with Gasteiger partial charge in [0.1, 0.15) is 6.04 Å². The third-order valence-electron chi connectivity index (χ3n) is 3.37. The predicted molar refractivity (Wildman–Crippen MR) is 79.4 cm³/mol. The van der Waals surface area contributed by atoms with Crippen LogP contribution < -0.4 is 5.32 Å². The maximum Gasteiger partial charge on any atom is 0.415 e. The van der Waals surface area contributed by atoms with Crippen molar-refractivity contribution in [2.75, 3.05) is 6.54 Å². The quantitative estimate of drug-likeness (QED) is 0.861. The van der Waals surface area contributed by atoms with Crippen molar-refractivity contribution in [1.29, 1.82) is 5.26 Å². The molecule has 0 aliphatic carbocycles. The van der Waals surface area contributed by atoms with Gasteiger partial charge in [0.15, 0.2) is 0 Å². The number of hydrogen-bond acceptors (Lipinski definition) is 4. The van der Waals surface area contributed by atoms with Gasteiger partial charge in [-0.2, -0.15) is 5.26 Å². The molecule has 1 aliphatic rings. The molecule has 0 unspecified atom stereocenters. The Bertz CT molecular complexity index is 631. The average molecular weight is 299 g/mol. The highest BCUT2D eigenvalue weighted by molar-refractivity contribution is 5.87. The Kier molecular flexibility index (Phi) is 4.79. The van der Waals surface area contributed by atoms with Gasteiger partial charge in [-0.1, -0.05) is 18.7 Å². The Morgan fingerprint density at radius 3 is 2.64 bits per heavy atom. The van der Waals surface area contributed by atoms with Crippen molar-refractivity contribution in [3.63, 3.8) is 0 Å². The molecule has 1 N–H and O–H groups in total. The van der Waals surface area contributed by atoms with Crippen LogP contribution in [-0.2, 0) is 16.1 Å². The van der Waals surface area contributed by atoms with Crippen LogP contribution in [0.4, 0.5) is 4.79 Å². The zero-order chi connectivity index (χ0) is 16.1. The van der Waals surface area contributed by atoms with Gasteiger partial charge in [-0.05, 0) is 31.0 Å². The van der Waals surface area contributed by atoms with Crippen LogP contribution in [0.5, 0.6) is 0 Å². The summed E-state index contributed by atoms with van der Waals surface area (Å²) in [6.45, 7) is 5.94. The lowest BCUT2D eigenvalue weighted by molar-refractivity contribution is -0.129. The fourth-order valence-electron chi connectivity index (χ4n) is 2.09. The highest BCUT2D eigenvalue weighted by Crippen LogP contribution is 2.19. The second kappa shape index (κ2) is 6.76. The second-order valence-corrected chi connectivity index (χ2v) is 5.09. The summed E-state index contributed by atoms with van der Waals surface area (Å²) in [5.41, 5.74) is 1.46. The third kappa shape index (κ3) is 3.64. The van der Waals surface area contributed by atoms with E-state index in [1.54, 1.807) is 31.2 Å². The number of allylic oxidation sites excluding steroid dienone is 1. The Balaban J connectivity index is 1.85. The number of nitrogens with zero attached hydrogens (tertiary/aromatic N) is 2. The minimum Gasteiger partial charge on any atom is -0.416 e. The molecule has 0 spiro atoms. The Morgan fingerprint density at radius 1 is 1.45 bits per heavy atom. The van der Waals surface area contributed by atoms with Gasteiger partial charge in [-0.3, -0.25) is 9.69 Å². The normalized spacial score (nSPS) is 16.2. The minimum absolute atomic E-state index is 0.214. The fraction of sp³-hybridized carbons (Fsp3) is 0.312. The number of ether oxygens (including phenoxy) is 1. The number of amides is 2. The molecule has 1 aromatic carbocycles. The number of nitriles is 1. The standard InChI is InChI=1S/C16H17N3O3/c1-11(2)22-16(21)19-8-7-14(19)15(20)18-10-13-5-3-12(9-17)4-6-13/h3-6,14H,1,7-8,10H2,2H3,(H,18,20)/t14-/m0/s1. The van der Waals surface area contributed by atoms with E-state index in [2.05, 4.69) is 11.9 Å². The fourth-order valence-corrected chi connectivity index (χ4v) is 2.09. The first-order valence-corrected chi connectivity index (χ1v) is 6.92. The summed E-state index contributed by atoms with van der Waals surface area (Å²) in [6, 6.07) is 8.50. The van der Waals surface area contributed by atoms with E-state index in [1.165, 1.54) is 4.90 Å². The summed E-state index contributed by atoms with van der Waals surface area (Å²) < 4.78 is 4.90. The van der Waals surface area contributed by atoms with E-state index >= 15 is 0 Å². The van der Waals surface area contributed by atoms with Crippen molar-refractivity contribution in [1.82, 2.24) is 10.2 Å². The minimum atomic E-state index is -0.544. The number of carbonyl (C=O) groups is 2. The van der Waals surface area contributed by atoms with Gasteiger partial charge in [0.2, 0.25) is 5.91 Å². The van der Waals surface area contributed by atoms with E-state index in [1.807, 2.05) is 6.07 Å². The number of carbonyl (C=O) groups excluding carboxylic acids is 2. The summed E-state index contributed by atoms with van der Waals surface area (Å²) in [7, 11) is 0. The van der Waals surface area contributed by atoms with Crippen LogP contribution in [0.1, 0.15) is 24.5 Å². The molecule has 1 fully saturated rings. The van der Waals surface area contributed by atoms with E-state index in [-0.39, 0.29) is 5.91 Å². The van der Waals surface area contributed by atoms with Crippen molar-refractivity contribution in [3.8, 4) is 6.07 Å². The van der Waals surface area contributed by atoms with Crippen LogP contribution >= 0.6 is 0 Å². The Hall–Kier alpha value is -2.81. The van der Waals surface area contributed by atoms with Gasteiger partial charge in [0.25, 0.3) is 0 Å². The van der Waals surface area contributed by atoms with Crippen LogP contribution in [0.15, 0.2) is 36.6 Å². The molecule has 114 valence electrons. The molecule has 6 nitrogen and oxygen atoms in total. The molecule has 1 aromatic rings. The molecule has 1 saturated heterocycles. The van der Waals surface area contributed by atoms with Crippen LogP contribution in [0.3, 0.4) is 0 Å². The van der Waals surface area contributed by atoms with Gasteiger partial charge < -0.3 is 10.1 Å². The van der Waals surface area contributed by atoms with Gasteiger partial charge in [0, 0.05) is 13.1 Å². The highest BCUT2D eigenvalue weighted by atomic mass is 16.6. The van der Waals surface area contributed by atoms with E-state index in [0.29, 0.717) is 30.8 Å². The molecule has 0 bridgehead atoms. The first-order valence-electron chi connectivity index (χ1n) is 6.92. The highest BCUT2D eigenvalue weighted by Gasteiger charge is 2.38. The zero-order valence-electron chi connectivity index (χ0n) is 12.3. The lowest BCUT2D eigenvalue weighted by atomic mass is 10.0.